The lowest BCUT2D eigenvalue weighted by Gasteiger charge is -2.14. The zero-order valence-electron chi connectivity index (χ0n) is 5.81. The number of nitrogens with zero attached hydrogens (tertiary/aromatic N) is 2. The molecule has 11 heavy (non-hydrogen) atoms. The van der Waals surface area contributed by atoms with Crippen LogP contribution in [0.2, 0.25) is 0 Å². The van der Waals surface area contributed by atoms with Crippen molar-refractivity contribution in [1.82, 2.24) is 10.0 Å². The van der Waals surface area contributed by atoms with Crippen molar-refractivity contribution in [3.63, 3.8) is 0 Å². The Kier molecular flexibility index (Phi) is 0.937. The van der Waals surface area contributed by atoms with E-state index >= 15 is 0 Å². The van der Waals surface area contributed by atoms with Crippen molar-refractivity contribution >= 4 is 11.9 Å². The second-order valence-corrected chi connectivity index (χ2v) is 2.50. The molecule has 5 nitrogen and oxygen atoms in total. The zero-order valence-corrected chi connectivity index (χ0v) is 5.81. The van der Waals surface area contributed by atoms with Crippen LogP contribution in [-0.4, -0.2) is 33.2 Å². The summed E-state index contributed by atoms with van der Waals surface area (Å²) in [5.41, 5.74) is 0.282. The highest BCUT2D eigenvalue weighted by Crippen LogP contribution is 2.38. The Balaban J connectivity index is 2.20. The maximum Gasteiger partial charge on any atom is 0.371 e. The molecule has 1 N–H and O–H groups in total. The van der Waals surface area contributed by atoms with E-state index in [4.69, 9.17) is 5.11 Å². The lowest BCUT2D eigenvalue weighted by Crippen LogP contribution is -2.33. The molecule has 2 rings (SSSR count). The van der Waals surface area contributed by atoms with Crippen molar-refractivity contribution in [2.75, 3.05) is 0 Å². The molecule has 0 aromatic carbocycles. The molecule has 5 heteroatoms. The summed E-state index contributed by atoms with van der Waals surface area (Å²) in [5, 5.41) is 11.1. The minimum atomic E-state index is -0.690. The number of hydrazine groups is 1. The summed E-state index contributed by atoms with van der Waals surface area (Å²) >= 11 is 0. The average molecular weight is 154 g/mol. The first kappa shape index (κ1) is 6.36. The van der Waals surface area contributed by atoms with Crippen molar-refractivity contribution in [2.45, 2.75) is 13.0 Å². The fourth-order valence-electron chi connectivity index (χ4n) is 1.04. The minimum Gasteiger partial charge on any atom is -0.389 e. The highest BCUT2D eigenvalue weighted by molar-refractivity contribution is 6.22. The van der Waals surface area contributed by atoms with Gasteiger partial charge >= 0.3 is 6.03 Å². The molecule has 2 heterocycles. The maximum absolute atomic E-state index is 10.8. The third-order valence-corrected chi connectivity index (χ3v) is 1.56. The predicted octanol–water partition coefficient (Wildman–Crippen LogP) is -0.556. The van der Waals surface area contributed by atoms with E-state index in [0.29, 0.717) is 0 Å². The quantitative estimate of drug-likeness (QED) is 0.313. The van der Waals surface area contributed by atoms with Crippen LogP contribution in [-0.2, 0) is 4.79 Å². The van der Waals surface area contributed by atoms with Crippen LogP contribution >= 0.6 is 0 Å². The molecule has 3 amide bonds. The third kappa shape index (κ3) is 0.627. The number of amides is 3. The first-order chi connectivity index (χ1) is 5.13. The van der Waals surface area contributed by atoms with Gasteiger partial charge in [-0.05, 0) is 13.0 Å². The number of hydrogen-bond acceptors (Lipinski definition) is 3. The molecule has 2 aliphatic heterocycles. The van der Waals surface area contributed by atoms with Crippen LogP contribution in [0.5, 0.6) is 0 Å². The number of aliphatic hydroxyl groups excluding tert-OH is 1. The first-order valence-corrected chi connectivity index (χ1v) is 3.21. The van der Waals surface area contributed by atoms with Crippen LogP contribution in [0.25, 0.3) is 0 Å². The SMILES string of the molecule is CC(O)C=C1C(=O)N2C(=O)N12. The van der Waals surface area contributed by atoms with E-state index in [-0.39, 0.29) is 17.6 Å². The molecule has 1 unspecified atom stereocenters. The van der Waals surface area contributed by atoms with Crippen molar-refractivity contribution < 1.29 is 14.7 Å². The van der Waals surface area contributed by atoms with Gasteiger partial charge in [0.1, 0.15) is 5.70 Å². The number of fused-ring (bicyclic) bond motifs is 1. The normalized spacial score (nSPS) is 26.9. The van der Waals surface area contributed by atoms with Gasteiger partial charge in [0.05, 0.1) is 6.10 Å². The summed E-state index contributed by atoms with van der Waals surface area (Å²) in [6.45, 7) is 1.52. The lowest BCUT2D eigenvalue weighted by molar-refractivity contribution is -0.131. The molecule has 0 aromatic heterocycles. The fraction of sp³-hybridized carbons (Fsp3) is 0.333. The molecular weight excluding hydrogens is 148 g/mol. The second-order valence-electron chi connectivity index (χ2n) is 2.50. The van der Waals surface area contributed by atoms with Crippen LogP contribution in [0, 0.1) is 0 Å². The zero-order chi connectivity index (χ0) is 8.17. The Morgan fingerprint density at radius 1 is 1.45 bits per heavy atom. The lowest BCUT2D eigenvalue weighted by atomic mass is 10.3. The third-order valence-electron chi connectivity index (χ3n) is 1.56. The standard InChI is InChI=1S/C6H6N2O3/c1-3(9)2-4-5(10)8-6(11)7(4)8/h2-3,9H,1H3. The Labute approximate surface area is 62.5 Å². The number of rotatable bonds is 1. The van der Waals surface area contributed by atoms with Crippen LogP contribution in [0.15, 0.2) is 11.8 Å². The molecule has 2 fully saturated rings. The fourth-order valence-corrected chi connectivity index (χ4v) is 1.04. The molecule has 2 aliphatic rings. The van der Waals surface area contributed by atoms with Gasteiger partial charge in [0.15, 0.2) is 0 Å². The van der Waals surface area contributed by atoms with Gasteiger partial charge in [-0.15, -0.1) is 0 Å². The van der Waals surface area contributed by atoms with Crippen LogP contribution in [0.4, 0.5) is 4.79 Å². The summed E-state index contributed by atoms with van der Waals surface area (Å²) in [7, 11) is 0. The maximum atomic E-state index is 10.8. The van der Waals surface area contributed by atoms with Gasteiger partial charge in [0, 0.05) is 0 Å². The van der Waals surface area contributed by atoms with Crippen LogP contribution in [0.1, 0.15) is 6.92 Å². The Hall–Kier alpha value is -1.36. The Bertz CT molecular complexity index is 282. The topological polar surface area (TPSA) is 60.4 Å². The van der Waals surface area contributed by atoms with Crippen LogP contribution < -0.4 is 0 Å². The van der Waals surface area contributed by atoms with Gasteiger partial charge in [-0.3, -0.25) is 4.79 Å². The molecule has 0 bridgehead atoms. The minimum absolute atomic E-state index is 0.282. The largest absolute Gasteiger partial charge is 0.389 e. The summed E-state index contributed by atoms with van der Waals surface area (Å²) < 4.78 is 0. The Morgan fingerprint density at radius 3 is 2.45 bits per heavy atom. The van der Waals surface area contributed by atoms with E-state index in [0.717, 1.165) is 5.01 Å². The number of aliphatic hydroxyl groups is 1. The second kappa shape index (κ2) is 1.62. The number of imide groups is 1. The summed E-state index contributed by atoms with van der Waals surface area (Å²) in [4.78, 5) is 21.4. The van der Waals surface area contributed by atoms with Crippen molar-refractivity contribution in [1.29, 1.82) is 0 Å². The molecule has 0 aromatic rings. The van der Waals surface area contributed by atoms with Crippen molar-refractivity contribution in [3.05, 3.63) is 11.8 Å². The average Bonchev–Trinajstić information content (AvgIpc) is 2.52. The molecular formula is C6H6N2O3. The van der Waals surface area contributed by atoms with Gasteiger partial charge < -0.3 is 5.11 Å². The van der Waals surface area contributed by atoms with Gasteiger partial charge in [-0.25, -0.2) is 4.79 Å². The van der Waals surface area contributed by atoms with Gasteiger partial charge in [0.2, 0.25) is 0 Å². The van der Waals surface area contributed by atoms with E-state index in [1.807, 2.05) is 0 Å². The summed E-state index contributed by atoms with van der Waals surface area (Å²) in [5.74, 6) is -0.323. The molecule has 0 radical (unpaired) electrons. The molecule has 58 valence electrons. The molecule has 0 saturated carbocycles. The predicted molar refractivity (Wildman–Crippen MR) is 33.8 cm³/mol. The summed E-state index contributed by atoms with van der Waals surface area (Å²) in [6, 6.07) is -0.304. The van der Waals surface area contributed by atoms with Crippen LogP contribution in [0.3, 0.4) is 0 Å². The number of hydrogen-bond donors (Lipinski definition) is 1. The molecule has 0 spiro atoms. The Morgan fingerprint density at radius 2 is 2.09 bits per heavy atom. The molecule has 2 saturated heterocycles. The van der Waals surface area contributed by atoms with E-state index in [1.54, 1.807) is 0 Å². The van der Waals surface area contributed by atoms with E-state index < -0.39 is 6.10 Å². The van der Waals surface area contributed by atoms with Gasteiger partial charge in [-0.2, -0.15) is 10.0 Å². The molecule has 0 aliphatic carbocycles. The van der Waals surface area contributed by atoms with E-state index in [1.165, 1.54) is 18.0 Å². The van der Waals surface area contributed by atoms with Crippen molar-refractivity contribution in [3.8, 4) is 0 Å². The number of carbonyl (C=O) groups excluding carboxylic acids is 2. The molecule has 1 atom stereocenters. The number of urea groups is 1. The first-order valence-electron chi connectivity index (χ1n) is 3.21. The number of carbonyl (C=O) groups is 2. The highest BCUT2D eigenvalue weighted by Gasteiger charge is 2.63. The summed E-state index contributed by atoms with van der Waals surface area (Å²) in [6.07, 6.45) is 0.661. The van der Waals surface area contributed by atoms with E-state index in [2.05, 4.69) is 0 Å². The van der Waals surface area contributed by atoms with Gasteiger partial charge in [0.25, 0.3) is 5.91 Å². The monoisotopic (exact) mass is 154 g/mol. The smallest absolute Gasteiger partial charge is 0.371 e. The van der Waals surface area contributed by atoms with E-state index in [9.17, 15) is 9.59 Å². The highest BCUT2D eigenvalue weighted by atomic mass is 16.3. The van der Waals surface area contributed by atoms with Gasteiger partial charge in [-0.1, -0.05) is 0 Å². The van der Waals surface area contributed by atoms with Crippen molar-refractivity contribution in [2.24, 2.45) is 0 Å².